The van der Waals surface area contributed by atoms with E-state index in [4.69, 9.17) is 21.1 Å². The molecular formula is C22H22ClNO5. The van der Waals surface area contributed by atoms with Crippen molar-refractivity contribution in [1.29, 1.82) is 0 Å². The Labute approximate surface area is 173 Å². The summed E-state index contributed by atoms with van der Waals surface area (Å²) < 4.78 is 12.4. The number of hydrogen-bond donors (Lipinski definition) is 1. The fraction of sp³-hybridized carbons (Fsp3) is 0.273. The lowest BCUT2D eigenvalue weighted by molar-refractivity contribution is -0.147. The van der Waals surface area contributed by atoms with Crippen LogP contribution in [0.1, 0.15) is 34.1 Å². The molecule has 7 heteroatoms. The lowest BCUT2D eigenvalue weighted by Crippen LogP contribution is -2.25. The van der Waals surface area contributed by atoms with Gasteiger partial charge in [-0.05, 0) is 56.2 Å². The number of carbonyl (C=O) groups is 2. The minimum absolute atomic E-state index is 0.253. The van der Waals surface area contributed by atoms with E-state index in [0.717, 1.165) is 27.7 Å². The molecule has 1 aromatic heterocycles. The van der Waals surface area contributed by atoms with Crippen molar-refractivity contribution in [2.24, 2.45) is 0 Å². The van der Waals surface area contributed by atoms with Gasteiger partial charge in [0.05, 0.1) is 17.7 Å². The number of ether oxygens (including phenoxy) is 2. The molecule has 1 N–H and O–H groups in total. The van der Waals surface area contributed by atoms with Crippen LogP contribution in [0, 0.1) is 13.8 Å². The van der Waals surface area contributed by atoms with Gasteiger partial charge in [-0.1, -0.05) is 23.7 Å². The van der Waals surface area contributed by atoms with E-state index in [2.05, 4.69) is 4.57 Å². The maximum atomic E-state index is 11.6. The smallest absolute Gasteiger partial charge is 0.346 e. The topological polar surface area (TPSA) is 77.8 Å². The number of hydrogen-bond acceptors (Lipinski definition) is 4. The van der Waals surface area contributed by atoms with Crippen LogP contribution in [-0.2, 0) is 16.1 Å². The summed E-state index contributed by atoms with van der Waals surface area (Å²) in [4.78, 5) is 22.9. The van der Waals surface area contributed by atoms with Crippen LogP contribution in [0.2, 0.25) is 5.02 Å². The lowest BCUT2D eigenvalue weighted by Gasteiger charge is -2.16. The van der Waals surface area contributed by atoms with E-state index in [1.165, 1.54) is 7.11 Å². The van der Waals surface area contributed by atoms with Gasteiger partial charge in [0.2, 0.25) is 0 Å². The first-order valence-corrected chi connectivity index (χ1v) is 9.47. The molecule has 0 spiro atoms. The van der Waals surface area contributed by atoms with Crippen molar-refractivity contribution in [3.63, 3.8) is 0 Å². The molecule has 29 heavy (non-hydrogen) atoms. The zero-order valence-electron chi connectivity index (χ0n) is 16.7. The van der Waals surface area contributed by atoms with Gasteiger partial charge in [0.15, 0.2) is 6.10 Å². The molecule has 152 valence electrons. The summed E-state index contributed by atoms with van der Waals surface area (Å²) in [6.45, 7) is 6.04. The molecule has 1 heterocycles. The molecule has 0 fully saturated rings. The Balaban J connectivity index is 1.99. The number of aromatic carboxylic acids is 1. The van der Waals surface area contributed by atoms with E-state index in [0.29, 0.717) is 17.3 Å². The maximum absolute atomic E-state index is 11.6. The number of methoxy groups -OCH3 is 1. The number of carboxylic acid groups (broad SMARTS) is 1. The minimum Gasteiger partial charge on any atom is -0.478 e. The fourth-order valence-electron chi connectivity index (χ4n) is 3.33. The molecule has 1 atom stereocenters. The minimum atomic E-state index is -0.954. The maximum Gasteiger partial charge on any atom is 0.346 e. The summed E-state index contributed by atoms with van der Waals surface area (Å²) in [5.41, 5.74) is 4.04. The van der Waals surface area contributed by atoms with E-state index in [9.17, 15) is 14.7 Å². The zero-order valence-corrected chi connectivity index (χ0v) is 17.4. The predicted octanol–water partition coefficient (Wildman–Crippen LogP) is 4.60. The summed E-state index contributed by atoms with van der Waals surface area (Å²) in [6, 6.07) is 10.5. The molecule has 0 unspecified atom stereocenters. The third-order valence-electron chi connectivity index (χ3n) is 5.09. The van der Waals surface area contributed by atoms with Gasteiger partial charge in [-0.2, -0.15) is 0 Å². The molecule has 0 radical (unpaired) electrons. The number of halogens is 1. The summed E-state index contributed by atoms with van der Waals surface area (Å²) in [7, 11) is 1.30. The number of benzene rings is 2. The van der Waals surface area contributed by atoms with Gasteiger partial charge in [0.1, 0.15) is 5.75 Å². The van der Waals surface area contributed by atoms with Crippen LogP contribution in [0.4, 0.5) is 0 Å². The Kier molecular flexibility index (Phi) is 5.84. The largest absolute Gasteiger partial charge is 0.478 e. The lowest BCUT2D eigenvalue weighted by atomic mass is 10.1. The van der Waals surface area contributed by atoms with Gasteiger partial charge in [-0.15, -0.1) is 0 Å². The number of esters is 1. The van der Waals surface area contributed by atoms with Gasteiger partial charge in [-0.3, -0.25) is 0 Å². The Morgan fingerprint density at radius 1 is 1.21 bits per heavy atom. The van der Waals surface area contributed by atoms with Gasteiger partial charge >= 0.3 is 11.9 Å². The highest BCUT2D eigenvalue weighted by Gasteiger charge is 2.19. The molecule has 0 bridgehead atoms. The Morgan fingerprint density at radius 3 is 2.59 bits per heavy atom. The molecule has 0 aliphatic carbocycles. The highest BCUT2D eigenvalue weighted by Crippen LogP contribution is 2.32. The number of aromatic nitrogens is 1. The summed E-state index contributed by atoms with van der Waals surface area (Å²) >= 11 is 6.56. The predicted molar refractivity (Wildman–Crippen MR) is 111 cm³/mol. The summed E-state index contributed by atoms with van der Waals surface area (Å²) in [5.74, 6) is -1.03. The van der Waals surface area contributed by atoms with Crippen LogP contribution in [-0.4, -0.2) is 34.8 Å². The molecule has 3 rings (SSSR count). The van der Waals surface area contributed by atoms with Crippen molar-refractivity contribution < 1.29 is 24.2 Å². The Morgan fingerprint density at radius 2 is 1.93 bits per heavy atom. The number of aryl methyl sites for hydroxylation is 1. The van der Waals surface area contributed by atoms with Crippen molar-refractivity contribution >= 4 is 34.4 Å². The number of nitrogens with zero attached hydrogens (tertiary/aromatic N) is 1. The fourth-order valence-corrected chi connectivity index (χ4v) is 3.56. The molecule has 6 nitrogen and oxygen atoms in total. The van der Waals surface area contributed by atoms with Crippen LogP contribution >= 0.6 is 11.6 Å². The quantitative estimate of drug-likeness (QED) is 0.595. The third kappa shape index (κ3) is 3.93. The van der Waals surface area contributed by atoms with Gasteiger partial charge in [0.25, 0.3) is 0 Å². The number of fused-ring (bicyclic) bond motifs is 1. The molecule has 2 aromatic carbocycles. The van der Waals surface area contributed by atoms with Crippen molar-refractivity contribution in [1.82, 2.24) is 4.57 Å². The van der Waals surface area contributed by atoms with Crippen molar-refractivity contribution in [2.45, 2.75) is 33.4 Å². The summed E-state index contributed by atoms with van der Waals surface area (Å²) in [5, 5.41) is 10.6. The van der Waals surface area contributed by atoms with E-state index < -0.39 is 18.0 Å². The third-order valence-corrected chi connectivity index (χ3v) is 5.52. The van der Waals surface area contributed by atoms with Crippen LogP contribution in [0.25, 0.3) is 10.9 Å². The first-order valence-electron chi connectivity index (χ1n) is 9.09. The number of rotatable bonds is 6. The van der Waals surface area contributed by atoms with Crippen LogP contribution in [0.15, 0.2) is 36.4 Å². The second kappa shape index (κ2) is 8.17. The number of carbonyl (C=O) groups excluding carboxylic acids is 1. The standard InChI is InChI=1S/C22H22ClNO5/c1-12-13(2)24(18-9-8-15(21(25)26)10-17(12)18)11-16-6-5-7-19(20(16)23)29-14(3)22(27)28-4/h5-10,14H,11H2,1-4H3,(H,25,26)/t14-/m0/s1. The first-order chi connectivity index (χ1) is 13.7. The molecule has 3 aromatic rings. The Bertz CT molecular complexity index is 1100. The van der Waals surface area contributed by atoms with Crippen molar-refractivity contribution in [3.8, 4) is 5.75 Å². The molecular weight excluding hydrogens is 394 g/mol. The van der Waals surface area contributed by atoms with Gasteiger partial charge in [-0.25, -0.2) is 9.59 Å². The van der Waals surface area contributed by atoms with Gasteiger partial charge in [0, 0.05) is 23.1 Å². The SMILES string of the molecule is COC(=O)[C@H](C)Oc1cccc(Cn2c(C)c(C)c3cc(C(=O)O)ccc32)c1Cl. The average molecular weight is 416 g/mol. The second-order valence-corrected chi connectivity index (χ2v) is 7.22. The van der Waals surface area contributed by atoms with E-state index in [1.54, 1.807) is 25.1 Å². The molecule has 0 amide bonds. The van der Waals surface area contributed by atoms with Crippen LogP contribution < -0.4 is 4.74 Å². The summed E-state index contributed by atoms with van der Waals surface area (Å²) in [6.07, 6.45) is -0.779. The van der Waals surface area contributed by atoms with Crippen molar-refractivity contribution in [3.05, 3.63) is 63.8 Å². The van der Waals surface area contributed by atoms with E-state index in [1.807, 2.05) is 32.0 Å². The monoisotopic (exact) mass is 415 g/mol. The molecule has 0 saturated carbocycles. The van der Waals surface area contributed by atoms with E-state index >= 15 is 0 Å². The van der Waals surface area contributed by atoms with Crippen LogP contribution in [0.3, 0.4) is 0 Å². The van der Waals surface area contributed by atoms with Crippen LogP contribution in [0.5, 0.6) is 5.75 Å². The molecule has 0 saturated heterocycles. The van der Waals surface area contributed by atoms with E-state index in [-0.39, 0.29) is 5.56 Å². The zero-order chi connectivity index (χ0) is 21.3. The Hall–Kier alpha value is -2.99. The van der Waals surface area contributed by atoms with Gasteiger partial charge < -0.3 is 19.1 Å². The molecule has 0 aliphatic rings. The second-order valence-electron chi connectivity index (χ2n) is 6.85. The normalized spacial score (nSPS) is 12.0. The number of carboxylic acids is 1. The highest BCUT2D eigenvalue weighted by atomic mass is 35.5. The highest BCUT2D eigenvalue weighted by molar-refractivity contribution is 6.32. The first kappa shape index (κ1) is 20.7. The van der Waals surface area contributed by atoms with Crippen molar-refractivity contribution in [2.75, 3.05) is 7.11 Å². The molecule has 0 aliphatic heterocycles. The average Bonchev–Trinajstić information content (AvgIpc) is 2.94.